The molecule has 1 amide bonds. The third kappa shape index (κ3) is 4.00. The highest BCUT2D eigenvalue weighted by Crippen LogP contribution is 2.49. The lowest BCUT2D eigenvalue weighted by Crippen LogP contribution is -2.28. The molecule has 1 aliphatic carbocycles. The van der Waals surface area contributed by atoms with Gasteiger partial charge in [-0.25, -0.2) is 13.4 Å². The normalized spacial score (nSPS) is 15.5. The van der Waals surface area contributed by atoms with Gasteiger partial charge in [-0.05, 0) is 55.3 Å². The number of benzene rings is 2. The molecule has 3 heterocycles. The van der Waals surface area contributed by atoms with Gasteiger partial charge in [-0.3, -0.25) is 9.52 Å². The molecule has 1 fully saturated rings. The standard InChI is InChI=1S/C23H18N4O6S2/c28-21(25-15-2-4-16(5-3-15)35(29,30)27-22-24-9-10-34-22)23(7-8-23)20-12-18(33-26-20)14-1-6-17-19(11-14)32-13-31-17/h1-6,9-12H,7-8,13H2,(H,24,27)(H,25,28). The molecule has 35 heavy (non-hydrogen) atoms. The van der Waals surface area contributed by atoms with E-state index in [0.29, 0.717) is 41.5 Å². The Hall–Kier alpha value is -3.90. The Morgan fingerprint density at radius 3 is 2.57 bits per heavy atom. The second kappa shape index (κ2) is 8.10. The summed E-state index contributed by atoms with van der Waals surface area (Å²) in [6.07, 6.45) is 2.79. The average Bonchev–Trinajstić information content (AvgIpc) is 3.23. The predicted molar refractivity (Wildman–Crippen MR) is 127 cm³/mol. The molecule has 6 rings (SSSR count). The maximum atomic E-state index is 13.1. The lowest BCUT2D eigenvalue weighted by atomic mass is 10.00. The Labute approximate surface area is 203 Å². The van der Waals surface area contributed by atoms with Crippen LogP contribution in [0.5, 0.6) is 11.5 Å². The highest BCUT2D eigenvalue weighted by atomic mass is 32.2. The summed E-state index contributed by atoms with van der Waals surface area (Å²) in [6, 6.07) is 13.2. The summed E-state index contributed by atoms with van der Waals surface area (Å²) in [5.74, 6) is 1.61. The third-order valence-corrected chi connectivity index (χ3v) is 8.09. The predicted octanol–water partition coefficient (Wildman–Crippen LogP) is 4.00. The molecular formula is C23H18N4O6S2. The summed E-state index contributed by atoms with van der Waals surface area (Å²) < 4.78 is 43.7. The van der Waals surface area contributed by atoms with Gasteiger partial charge in [0.05, 0.1) is 16.0 Å². The molecule has 4 aromatic rings. The zero-order valence-corrected chi connectivity index (χ0v) is 19.7. The highest BCUT2D eigenvalue weighted by Gasteiger charge is 2.54. The van der Waals surface area contributed by atoms with Crippen LogP contribution < -0.4 is 19.5 Å². The number of ether oxygens (including phenoxy) is 2. The molecule has 1 saturated carbocycles. The molecule has 0 unspecified atom stereocenters. The molecule has 2 aromatic carbocycles. The topological polar surface area (TPSA) is 133 Å². The number of fused-ring (bicyclic) bond motifs is 1. The summed E-state index contributed by atoms with van der Waals surface area (Å²) in [5, 5.41) is 8.99. The number of nitrogens with zero attached hydrogens (tertiary/aromatic N) is 2. The molecule has 2 aromatic heterocycles. The van der Waals surface area contributed by atoms with Gasteiger partial charge < -0.3 is 19.3 Å². The number of aromatic nitrogens is 2. The number of thiazole rings is 1. The van der Waals surface area contributed by atoms with Crippen molar-refractivity contribution in [3.63, 3.8) is 0 Å². The van der Waals surface area contributed by atoms with Crippen molar-refractivity contribution in [2.45, 2.75) is 23.2 Å². The van der Waals surface area contributed by atoms with E-state index in [2.05, 4.69) is 20.2 Å². The zero-order chi connectivity index (χ0) is 24.0. The zero-order valence-electron chi connectivity index (χ0n) is 18.1. The van der Waals surface area contributed by atoms with E-state index in [4.69, 9.17) is 14.0 Å². The van der Waals surface area contributed by atoms with E-state index in [9.17, 15) is 13.2 Å². The summed E-state index contributed by atoms with van der Waals surface area (Å²) in [4.78, 5) is 17.1. The first-order valence-electron chi connectivity index (χ1n) is 10.6. The second-order valence-corrected chi connectivity index (χ2v) is 10.7. The van der Waals surface area contributed by atoms with Crippen molar-refractivity contribution in [1.29, 1.82) is 0 Å². The number of amides is 1. The van der Waals surface area contributed by atoms with Crippen LogP contribution in [0.1, 0.15) is 18.5 Å². The van der Waals surface area contributed by atoms with Gasteiger partial charge in [-0.2, -0.15) is 0 Å². The fourth-order valence-corrected chi connectivity index (χ4v) is 5.62. The quantitative estimate of drug-likeness (QED) is 0.381. The van der Waals surface area contributed by atoms with Crippen LogP contribution in [0.3, 0.4) is 0 Å². The van der Waals surface area contributed by atoms with Crippen molar-refractivity contribution in [1.82, 2.24) is 10.1 Å². The number of carbonyl (C=O) groups is 1. The second-order valence-electron chi connectivity index (χ2n) is 8.15. The van der Waals surface area contributed by atoms with Gasteiger partial charge in [0, 0.05) is 28.9 Å². The first-order chi connectivity index (χ1) is 16.9. The highest BCUT2D eigenvalue weighted by molar-refractivity contribution is 7.93. The molecule has 2 N–H and O–H groups in total. The Kier molecular flexibility index (Phi) is 5.00. The van der Waals surface area contributed by atoms with Crippen LogP contribution in [0, 0.1) is 0 Å². The van der Waals surface area contributed by atoms with E-state index in [-0.39, 0.29) is 22.7 Å². The van der Waals surface area contributed by atoms with Gasteiger partial charge in [0.25, 0.3) is 10.0 Å². The molecule has 12 heteroatoms. The molecule has 0 bridgehead atoms. The van der Waals surface area contributed by atoms with Crippen molar-refractivity contribution in [3.05, 3.63) is 65.8 Å². The molecule has 0 atom stereocenters. The molecule has 178 valence electrons. The van der Waals surface area contributed by atoms with Crippen LogP contribution in [-0.4, -0.2) is 31.3 Å². The van der Waals surface area contributed by atoms with E-state index in [0.717, 1.165) is 5.56 Å². The van der Waals surface area contributed by atoms with Gasteiger partial charge in [-0.1, -0.05) is 5.16 Å². The number of nitrogens with one attached hydrogen (secondary N) is 2. The lowest BCUT2D eigenvalue weighted by Gasteiger charge is -2.13. The van der Waals surface area contributed by atoms with Gasteiger partial charge in [0.15, 0.2) is 22.4 Å². The fraction of sp³-hybridized carbons (Fsp3) is 0.174. The number of sulfonamides is 1. The Bertz CT molecular complexity index is 1510. The van der Waals surface area contributed by atoms with E-state index in [1.54, 1.807) is 29.6 Å². The van der Waals surface area contributed by atoms with Crippen molar-refractivity contribution in [3.8, 4) is 22.8 Å². The van der Waals surface area contributed by atoms with Crippen molar-refractivity contribution in [2.75, 3.05) is 16.8 Å². The molecular weight excluding hydrogens is 492 g/mol. The van der Waals surface area contributed by atoms with Crippen LogP contribution in [0.2, 0.25) is 0 Å². The van der Waals surface area contributed by atoms with Gasteiger partial charge in [0.1, 0.15) is 0 Å². The Balaban J connectivity index is 1.16. The maximum absolute atomic E-state index is 13.1. The smallest absolute Gasteiger partial charge is 0.263 e. The van der Waals surface area contributed by atoms with Crippen molar-refractivity contribution >= 4 is 38.1 Å². The lowest BCUT2D eigenvalue weighted by molar-refractivity contribution is -0.118. The Morgan fingerprint density at radius 2 is 1.83 bits per heavy atom. The number of rotatable bonds is 7. The maximum Gasteiger partial charge on any atom is 0.263 e. The average molecular weight is 511 g/mol. The molecule has 1 aliphatic heterocycles. The molecule has 0 radical (unpaired) electrons. The monoisotopic (exact) mass is 510 g/mol. The van der Waals surface area contributed by atoms with E-state index in [1.165, 1.54) is 29.7 Å². The third-order valence-electron chi connectivity index (χ3n) is 5.92. The first kappa shape index (κ1) is 21.6. The number of anilines is 2. The van der Waals surface area contributed by atoms with Crippen LogP contribution in [0.15, 0.2) is 69.5 Å². The summed E-state index contributed by atoms with van der Waals surface area (Å²) in [5.41, 5.74) is 1.02. The first-order valence-corrected chi connectivity index (χ1v) is 13.0. The largest absolute Gasteiger partial charge is 0.454 e. The fourth-order valence-electron chi connectivity index (χ4n) is 3.83. The minimum Gasteiger partial charge on any atom is -0.454 e. The summed E-state index contributed by atoms with van der Waals surface area (Å²) >= 11 is 1.19. The van der Waals surface area contributed by atoms with Crippen LogP contribution in [0.4, 0.5) is 10.8 Å². The number of hydrogen-bond donors (Lipinski definition) is 2. The number of hydrogen-bond acceptors (Lipinski definition) is 9. The van der Waals surface area contributed by atoms with Gasteiger partial charge in [0.2, 0.25) is 12.7 Å². The minimum absolute atomic E-state index is 0.0664. The summed E-state index contributed by atoms with van der Waals surface area (Å²) in [7, 11) is -3.77. The summed E-state index contributed by atoms with van der Waals surface area (Å²) in [6.45, 7) is 0.180. The van der Waals surface area contributed by atoms with E-state index >= 15 is 0 Å². The Morgan fingerprint density at radius 1 is 1.03 bits per heavy atom. The van der Waals surface area contributed by atoms with Crippen molar-refractivity contribution in [2.24, 2.45) is 0 Å². The minimum atomic E-state index is -3.77. The SMILES string of the molecule is O=C(Nc1ccc(S(=O)(=O)Nc2nccs2)cc1)C1(c2cc(-c3ccc4c(c3)OCO4)on2)CC1. The molecule has 2 aliphatic rings. The van der Waals surface area contributed by atoms with Crippen LogP contribution in [-0.2, 0) is 20.2 Å². The molecule has 0 spiro atoms. The molecule has 10 nitrogen and oxygen atoms in total. The molecule has 0 saturated heterocycles. The van der Waals surface area contributed by atoms with Gasteiger partial charge >= 0.3 is 0 Å². The van der Waals surface area contributed by atoms with Gasteiger partial charge in [-0.15, -0.1) is 11.3 Å². The number of carbonyl (C=O) groups excluding carboxylic acids is 1. The van der Waals surface area contributed by atoms with Crippen LogP contribution >= 0.6 is 11.3 Å². The van der Waals surface area contributed by atoms with E-state index in [1.807, 2.05) is 12.1 Å². The van der Waals surface area contributed by atoms with Crippen LogP contribution in [0.25, 0.3) is 11.3 Å². The van der Waals surface area contributed by atoms with E-state index < -0.39 is 15.4 Å². The van der Waals surface area contributed by atoms with Crippen molar-refractivity contribution < 1.29 is 27.2 Å².